The molecule has 0 unspecified atom stereocenters. The van der Waals surface area contributed by atoms with E-state index in [2.05, 4.69) is 39.1 Å². The first-order valence-electron chi connectivity index (χ1n) is 14.6. The molecule has 44 heavy (non-hydrogen) atoms. The maximum atomic E-state index is 12.9. The molecular weight excluding hydrogens is 620 g/mol. The Morgan fingerprint density at radius 3 is 2.23 bits per heavy atom. The number of amides is 1. The van der Waals surface area contributed by atoms with E-state index in [0.29, 0.717) is 37.7 Å². The number of piperazine rings is 1. The third-order valence-electron chi connectivity index (χ3n) is 7.49. The molecule has 1 amide bonds. The van der Waals surface area contributed by atoms with Gasteiger partial charge in [0.15, 0.2) is 0 Å². The Morgan fingerprint density at radius 2 is 1.59 bits per heavy atom. The minimum Gasteiger partial charge on any atom is -0.487 e. The van der Waals surface area contributed by atoms with Crippen molar-refractivity contribution in [2.75, 3.05) is 32.8 Å². The molecule has 1 N–H and O–H groups in total. The fraction of sp³-hybridized carbons (Fsp3) is 0.286. The van der Waals surface area contributed by atoms with Crippen LogP contribution >= 0.6 is 17.0 Å². The molecule has 0 atom stereocenters. The highest BCUT2D eigenvalue weighted by Crippen LogP contribution is 2.30. The van der Waals surface area contributed by atoms with Crippen molar-refractivity contribution >= 4 is 29.0 Å². The van der Waals surface area contributed by atoms with E-state index in [1.165, 1.54) is 5.56 Å². The average molecular weight is 660 g/mol. The Labute approximate surface area is 269 Å². The van der Waals surface area contributed by atoms with E-state index in [0.717, 1.165) is 53.2 Å². The number of hydrogen-bond acceptors (Lipinski definition) is 7. The molecule has 3 heterocycles. The van der Waals surface area contributed by atoms with Crippen molar-refractivity contribution in [3.8, 4) is 17.4 Å². The van der Waals surface area contributed by atoms with Gasteiger partial charge in [0.2, 0.25) is 11.8 Å². The van der Waals surface area contributed by atoms with E-state index >= 15 is 0 Å². The molecule has 2 aromatic carbocycles. The smallest absolute Gasteiger partial charge is 0.246 e. The van der Waals surface area contributed by atoms with Crippen LogP contribution < -0.4 is 9.47 Å². The Morgan fingerprint density at radius 1 is 0.909 bits per heavy atom. The first-order valence-corrected chi connectivity index (χ1v) is 14.6. The number of aliphatic hydroxyl groups is 1. The molecule has 1 fully saturated rings. The molecule has 1 aliphatic rings. The zero-order valence-corrected chi connectivity index (χ0v) is 26.9. The number of pyridine rings is 2. The second-order valence-electron chi connectivity index (χ2n) is 10.8. The van der Waals surface area contributed by atoms with Crippen LogP contribution in [0.3, 0.4) is 0 Å². The quantitative estimate of drug-likeness (QED) is 0.200. The number of halogens is 1. The Hall–Kier alpha value is -4.05. The number of hydrogen-bond donors (Lipinski definition) is 1. The second kappa shape index (κ2) is 16.1. The molecule has 0 bridgehead atoms. The van der Waals surface area contributed by atoms with E-state index in [9.17, 15) is 4.79 Å². The van der Waals surface area contributed by atoms with Gasteiger partial charge in [-0.1, -0.05) is 24.3 Å². The van der Waals surface area contributed by atoms with Crippen LogP contribution in [0.4, 0.5) is 0 Å². The Kier molecular flexibility index (Phi) is 12.1. The monoisotopic (exact) mass is 658 g/mol. The zero-order valence-electron chi connectivity index (χ0n) is 25.2. The molecular formula is C35H39BrN4O4. The molecule has 0 saturated carbocycles. The number of aliphatic hydroxyl groups excluding tert-OH is 1. The van der Waals surface area contributed by atoms with Crippen molar-refractivity contribution in [3.63, 3.8) is 0 Å². The minimum absolute atomic E-state index is 0. The zero-order chi connectivity index (χ0) is 30.0. The van der Waals surface area contributed by atoms with E-state index in [1.807, 2.05) is 55.2 Å². The van der Waals surface area contributed by atoms with Gasteiger partial charge in [0.1, 0.15) is 18.1 Å². The lowest BCUT2D eigenvalue weighted by atomic mass is 10.1. The van der Waals surface area contributed by atoms with Gasteiger partial charge in [-0.05, 0) is 90.1 Å². The topological polar surface area (TPSA) is 88.0 Å². The van der Waals surface area contributed by atoms with Gasteiger partial charge in [0.05, 0.1) is 6.20 Å². The van der Waals surface area contributed by atoms with Gasteiger partial charge in [-0.15, -0.1) is 17.0 Å². The number of rotatable bonds is 11. The van der Waals surface area contributed by atoms with Gasteiger partial charge in [0.25, 0.3) is 0 Å². The largest absolute Gasteiger partial charge is 0.487 e. The average Bonchev–Trinajstić information content (AvgIpc) is 3.03. The summed E-state index contributed by atoms with van der Waals surface area (Å²) in [7, 11) is 0. The van der Waals surface area contributed by atoms with Gasteiger partial charge in [-0.25, -0.2) is 4.98 Å². The number of aromatic nitrogens is 2. The molecule has 0 radical (unpaired) electrons. The van der Waals surface area contributed by atoms with Crippen LogP contribution in [0.2, 0.25) is 0 Å². The van der Waals surface area contributed by atoms with E-state index in [-0.39, 0.29) is 29.5 Å². The molecule has 2 aromatic heterocycles. The van der Waals surface area contributed by atoms with Gasteiger partial charge in [-0.3, -0.25) is 14.7 Å². The standard InChI is InChI=1S/C35H38N4O4.BrH/c1-26-21-31(7-10-34(41)39-18-16-38(17-19-39)24-29-5-3-28(4-6-29)13-20-40)22-27(2)35(26)43-33-9-8-32(23-37-33)42-25-30-11-14-36-15-12-30;/h3-12,14-15,21-23,40H,13,16-20,24-25H2,1-2H3;1H. The third-order valence-corrected chi connectivity index (χ3v) is 7.49. The molecule has 0 spiro atoms. The number of ether oxygens (including phenoxy) is 2. The number of aryl methyl sites for hydroxylation is 2. The molecule has 1 aliphatic heterocycles. The van der Waals surface area contributed by atoms with Crippen LogP contribution in [0.25, 0.3) is 6.08 Å². The molecule has 4 aromatic rings. The second-order valence-corrected chi connectivity index (χ2v) is 10.8. The normalized spacial score (nSPS) is 13.5. The van der Waals surface area contributed by atoms with E-state index in [1.54, 1.807) is 30.7 Å². The van der Waals surface area contributed by atoms with Crippen molar-refractivity contribution in [3.05, 3.63) is 119 Å². The summed E-state index contributed by atoms with van der Waals surface area (Å²) in [6.07, 6.45) is 9.35. The third kappa shape index (κ3) is 9.22. The summed E-state index contributed by atoms with van der Waals surface area (Å²) < 4.78 is 11.9. The van der Waals surface area contributed by atoms with Crippen LogP contribution in [0.1, 0.15) is 33.4 Å². The van der Waals surface area contributed by atoms with Gasteiger partial charge in [0, 0.05) is 63.9 Å². The first-order chi connectivity index (χ1) is 21.0. The molecule has 0 aliphatic carbocycles. The summed E-state index contributed by atoms with van der Waals surface area (Å²) in [4.78, 5) is 25.6. The first kappa shape index (κ1) is 32.9. The molecule has 1 saturated heterocycles. The number of carbonyl (C=O) groups is 1. The van der Waals surface area contributed by atoms with E-state index < -0.39 is 0 Å². The van der Waals surface area contributed by atoms with Gasteiger partial charge < -0.3 is 19.5 Å². The highest BCUT2D eigenvalue weighted by molar-refractivity contribution is 8.93. The van der Waals surface area contributed by atoms with Crippen molar-refractivity contribution < 1.29 is 19.4 Å². The lowest BCUT2D eigenvalue weighted by molar-refractivity contribution is -0.127. The molecule has 9 heteroatoms. The van der Waals surface area contributed by atoms with Gasteiger partial charge >= 0.3 is 0 Å². The van der Waals surface area contributed by atoms with Crippen LogP contribution in [-0.2, 0) is 24.4 Å². The van der Waals surface area contributed by atoms with Crippen molar-refractivity contribution in [2.45, 2.75) is 33.4 Å². The molecule has 230 valence electrons. The van der Waals surface area contributed by atoms with Crippen molar-refractivity contribution in [1.29, 1.82) is 0 Å². The summed E-state index contributed by atoms with van der Waals surface area (Å²) in [6, 6.07) is 19.9. The lowest BCUT2D eigenvalue weighted by Gasteiger charge is -2.34. The number of carbonyl (C=O) groups excluding carboxylic acids is 1. The van der Waals surface area contributed by atoms with Crippen LogP contribution in [0.15, 0.2) is 85.3 Å². The summed E-state index contributed by atoms with van der Waals surface area (Å²) in [5.74, 6) is 1.92. The Bertz CT molecular complexity index is 1500. The fourth-order valence-corrected chi connectivity index (χ4v) is 5.10. The summed E-state index contributed by atoms with van der Waals surface area (Å²) >= 11 is 0. The van der Waals surface area contributed by atoms with Crippen molar-refractivity contribution in [2.24, 2.45) is 0 Å². The Balaban J connectivity index is 0.00000442. The minimum atomic E-state index is 0. The maximum Gasteiger partial charge on any atom is 0.246 e. The highest BCUT2D eigenvalue weighted by atomic mass is 79.9. The van der Waals surface area contributed by atoms with Crippen LogP contribution in [0, 0.1) is 13.8 Å². The lowest BCUT2D eigenvalue weighted by Crippen LogP contribution is -2.47. The highest BCUT2D eigenvalue weighted by Gasteiger charge is 2.20. The molecule has 8 nitrogen and oxygen atoms in total. The number of benzene rings is 2. The van der Waals surface area contributed by atoms with Crippen LogP contribution in [-0.4, -0.2) is 63.6 Å². The summed E-state index contributed by atoms with van der Waals surface area (Å²) in [5, 5.41) is 9.10. The molecule has 5 rings (SSSR count). The van der Waals surface area contributed by atoms with Crippen molar-refractivity contribution in [1.82, 2.24) is 19.8 Å². The van der Waals surface area contributed by atoms with E-state index in [4.69, 9.17) is 14.6 Å². The fourth-order valence-electron chi connectivity index (χ4n) is 5.10. The van der Waals surface area contributed by atoms with Gasteiger partial charge in [-0.2, -0.15) is 0 Å². The summed E-state index contributed by atoms with van der Waals surface area (Å²) in [6.45, 7) is 8.56. The summed E-state index contributed by atoms with van der Waals surface area (Å²) in [5.41, 5.74) is 6.31. The van der Waals surface area contributed by atoms with Crippen LogP contribution in [0.5, 0.6) is 17.4 Å². The maximum absolute atomic E-state index is 12.9. The number of nitrogens with zero attached hydrogens (tertiary/aromatic N) is 4. The predicted octanol–water partition coefficient (Wildman–Crippen LogP) is 5.94. The predicted molar refractivity (Wildman–Crippen MR) is 177 cm³/mol. The SMILES string of the molecule is Br.Cc1cc(C=CC(=O)N2CCN(Cc3ccc(CCO)cc3)CC2)cc(C)c1Oc1ccc(OCc2ccncc2)cn1.